The highest BCUT2D eigenvalue weighted by molar-refractivity contribution is 5.82. The van der Waals surface area contributed by atoms with Crippen molar-refractivity contribution in [1.82, 2.24) is 9.55 Å². The average molecular weight is 324 g/mol. The molecule has 2 heterocycles. The molecule has 0 saturated carbocycles. The number of aryl methyl sites for hydroxylation is 1. The molecule has 122 valence electrons. The molecule has 0 saturated heterocycles. The van der Waals surface area contributed by atoms with Gasteiger partial charge < -0.3 is 9.47 Å². The van der Waals surface area contributed by atoms with E-state index in [1.165, 1.54) is 13.8 Å². The first kappa shape index (κ1) is 15.7. The Kier molecular flexibility index (Phi) is 4.04. The molecule has 0 aliphatic heterocycles. The van der Waals surface area contributed by atoms with Gasteiger partial charge >= 0.3 is 11.9 Å². The molecule has 3 rings (SSSR count). The van der Waals surface area contributed by atoms with Gasteiger partial charge in [-0.2, -0.15) is 0 Å². The minimum absolute atomic E-state index is 0.307. The van der Waals surface area contributed by atoms with Gasteiger partial charge in [-0.15, -0.1) is 0 Å². The molecule has 0 radical (unpaired) electrons. The van der Waals surface area contributed by atoms with E-state index in [0.717, 1.165) is 10.9 Å². The van der Waals surface area contributed by atoms with Crippen LogP contribution in [0.15, 0.2) is 42.7 Å². The van der Waals surface area contributed by atoms with Crippen molar-refractivity contribution in [1.29, 1.82) is 0 Å². The van der Waals surface area contributed by atoms with Crippen LogP contribution in [0.5, 0.6) is 11.5 Å². The van der Waals surface area contributed by atoms with Crippen LogP contribution < -0.4 is 9.47 Å². The van der Waals surface area contributed by atoms with Gasteiger partial charge in [-0.3, -0.25) is 14.2 Å². The molecule has 0 aliphatic carbocycles. The Labute approximate surface area is 138 Å². The van der Waals surface area contributed by atoms with Crippen LogP contribution in [0.3, 0.4) is 0 Å². The van der Waals surface area contributed by atoms with Gasteiger partial charge in [0.2, 0.25) is 0 Å². The summed E-state index contributed by atoms with van der Waals surface area (Å²) in [6, 6.07) is 9.08. The first-order valence-corrected chi connectivity index (χ1v) is 7.39. The summed E-state index contributed by atoms with van der Waals surface area (Å²) in [5.41, 5.74) is 1.93. The molecular formula is C18H16N2O4. The number of carbonyl (C=O) groups excluding carboxylic acids is 2. The van der Waals surface area contributed by atoms with E-state index >= 15 is 0 Å². The molecule has 24 heavy (non-hydrogen) atoms. The summed E-state index contributed by atoms with van der Waals surface area (Å²) in [5, 5.41) is 0.917. The Morgan fingerprint density at radius 1 is 1.04 bits per heavy atom. The van der Waals surface area contributed by atoms with Crippen molar-refractivity contribution in [2.45, 2.75) is 20.8 Å². The first-order chi connectivity index (χ1) is 11.5. The number of esters is 2. The third-order valence-electron chi connectivity index (χ3n) is 3.38. The molecule has 0 N–H and O–H groups in total. The topological polar surface area (TPSA) is 70.4 Å². The lowest BCUT2D eigenvalue weighted by molar-refractivity contribution is -0.132. The summed E-state index contributed by atoms with van der Waals surface area (Å²) in [4.78, 5) is 27.3. The second-order valence-electron chi connectivity index (χ2n) is 5.40. The predicted octanol–water partition coefficient (Wildman–Crippen LogP) is 3.18. The summed E-state index contributed by atoms with van der Waals surface area (Å²) in [6.45, 7) is 4.48. The molecule has 0 atom stereocenters. The van der Waals surface area contributed by atoms with Crippen LogP contribution in [-0.2, 0) is 9.59 Å². The molecular weight excluding hydrogens is 308 g/mol. The van der Waals surface area contributed by atoms with Gasteiger partial charge in [0.25, 0.3) is 0 Å². The fraction of sp³-hybridized carbons (Fsp3) is 0.167. The zero-order valence-electron chi connectivity index (χ0n) is 13.6. The van der Waals surface area contributed by atoms with Crippen molar-refractivity contribution < 1.29 is 19.1 Å². The quantitative estimate of drug-likeness (QED) is 0.546. The Morgan fingerprint density at radius 3 is 2.25 bits per heavy atom. The zero-order valence-corrected chi connectivity index (χ0v) is 13.6. The van der Waals surface area contributed by atoms with Crippen molar-refractivity contribution in [3.05, 3.63) is 48.3 Å². The van der Waals surface area contributed by atoms with E-state index in [-0.39, 0.29) is 0 Å². The smallest absolute Gasteiger partial charge is 0.308 e. The Bertz CT molecular complexity index is 906. The van der Waals surface area contributed by atoms with Crippen LogP contribution in [0.25, 0.3) is 16.7 Å². The van der Waals surface area contributed by atoms with Crippen molar-refractivity contribution in [3.63, 3.8) is 0 Å². The lowest BCUT2D eigenvalue weighted by atomic mass is 10.2. The van der Waals surface area contributed by atoms with Gasteiger partial charge in [0.15, 0.2) is 11.5 Å². The third kappa shape index (κ3) is 2.99. The molecule has 1 aromatic carbocycles. The van der Waals surface area contributed by atoms with Gasteiger partial charge in [-0.05, 0) is 42.8 Å². The number of aromatic nitrogens is 2. The first-order valence-electron chi connectivity index (χ1n) is 7.39. The fourth-order valence-corrected chi connectivity index (χ4v) is 2.56. The molecule has 0 fully saturated rings. The van der Waals surface area contributed by atoms with E-state index in [2.05, 4.69) is 4.98 Å². The minimum atomic E-state index is -0.458. The summed E-state index contributed by atoms with van der Waals surface area (Å²) in [5.74, 6) is -0.302. The predicted molar refractivity (Wildman–Crippen MR) is 88.4 cm³/mol. The van der Waals surface area contributed by atoms with Crippen LogP contribution in [0.2, 0.25) is 0 Å². The molecule has 6 nitrogen and oxygen atoms in total. The second kappa shape index (κ2) is 6.16. The molecule has 3 aromatic rings. The maximum absolute atomic E-state index is 11.5. The zero-order chi connectivity index (χ0) is 17.3. The number of fused-ring (bicyclic) bond motifs is 1. The SMILES string of the molecule is CC(=O)Oc1cc(C)cc(OC(C)=O)c1-n1ccc2cccnc21. The molecule has 0 bridgehead atoms. The Balaban J connectivity index is 2.30. The van der Waals surface area contributed by atoms with Crippen molar-refractivity contribution >= 4 is 23.0 Å². The van der Waals surface area contributed by atoms with Crippen molar-refractivity contribution in [3.8, 4) is 17.2 Å². The molecule has 0 aliphatic rings. The van der Waals surface area contributed by atoms with E-state index in [9.17, 15) is 9.59 Å². The third-order valence-corrected chi connectivity index (χ3v) is 3.38. The van der Waals surface area contributed by atoms with Gasteiger partial charge in [0, 0.05) is 31.6 Å². The number of carbonyl (C=O) groups is 2. The highest BCUT2D eigenvalue weighted by atomic mass is 16.5. The van der Waals surface area contributed by atoms with Gasteiger partial charge in [-0.25, -0.2) is 4.98 Å². The average Bonchev–Trinajstić information content (AvgIpc) is 2.89. The number of pyridine rings is 1. The highest BCUT2D eigenvalue weighted by Crippen LogP contribution is 2.36. The number of ether oxygens (including phenoxy) is 2. The van der Waals surface area contributed by atoms with Crippen LogP contribution in [0.4, 0.5) is 0 Å². The summed E-state index contributed by atoms with van der Waals surface area (Å²) < 4.78 is 12.4. The Hall–Kier alpha value is -3.15. The van der Waals surface area contributed by atoms with Gasteiger partial charge in [0.05, 0.1) is 0 Å². The molecule has 2 aromatic heterocycles. The second-order valence-corrected chi connectivity index (χ2v) is 5.40. The maximum atomic E-state index is 11.5. The van der Waals surface area contributed by atoms with Crippen LogP contribution in [0.1, 0.15) is 19.4 Å². The van der Waals surface area contributed by atoms with Crippen molar-refractivity contribution in [2.75, 3.05) is 0 Å². The fourth-order valence-electron chi connectivity index (χ4n) is 2.56. The summed E-state index contributed by atoms with van der Waals surface area (Å²) >= 11 is 0. The number of benzene rings is 1. The van der Waals surface area contributed by atoms with Crippen molar-refractivity contribution in [2.24, 2.45) is 0 Å². The lowest BCUT2D eigenvalue weighted by Crippen LogP contribution is -2.10. The number of hydrogen-bond donors (Lipinski definition) is 0. The lowest BCUT2D eigenvalue weighted by Gasteiger charge is -2.16. The summed E-state index contributed by atoms with van der Waals surface area (Å²) in [7, 11) is 0. The normalized spacial score (nSPS) is 10.6. The number of nitrogens with zero attached hydrogens (tertiary/aromatic N) is 2. The van der Waals surface area contributed by atoms with Gasteiger partial charge in [-0.1, -0.05) is 0 Å². The minimum Gasteiger partial charge on any atom is -0.424 e. The monoisotopic (exact) mass is 324 g/mol. The molecule has 0 unspecified atom stereocenters. The largest absolute Gasteiger partial charge is 0.424 e. The van der Waals surface area contributed by atoms with Gasteiger partial charge in [0.1, 0.15) is 11.3 Å². The van der Waals surface area contributed by atoms with Crippen LogP contribution >= 0.6 is 0 Å². The molecule has 0 spiro atoms. The van der Waals surface area contributed by atoms with E-state index in [0.29, 0.717) is 22.8 Å². The maximum Gasteiger partial charge on any atom is 0.308 e. The van der Waals surface area contributed by atoms with E-state index in [4.69, 9.17) is 9.47 Å². The highest BCUT2D eigenvalue weighted by Gasteiger charge is 2.19. The standard InChI is InChI=1S/C18H16N2O4/c1-11-9-15(23-12(2)21)17(16(10-11)24-13(3)22)20-8-6-14-5-4-7-19-18(14)20/h4-10H,1-3H3. The van der Waals surface area contributed by atoms with E-state index < -0.39 is 11.9 Å². The number of rotatable bonds is 3. The van der Waals surface area contributed by atoms with Crippen LogP contribution in [-0.4, -0.2) is 21.5 Å². The number of hydrogen-bond acceptors (Lipinski definition) is 5. The van der Waals surface area contributed by atoms with E-state index in [1.54, 1.807) is 29.1 Å². The molecule has 0 amide bonds. The van der Waals surface area contributed by atoms with Crippen LogP contribution in [0, 0.1) is 6.92 Å². The molecule has 6 heteroatoms. The summed E-state index contributed by atoms with van der Waals surface area (Å²) in [6.07, 6.45) is 3.46. The van der Waals surface area contributed by atoms with E-state index in [1.807, 2.05) is 25.1 Å². The Morgan fingerprint density at radius 2 is 1.67 bits per heavy atom.